The predicted molar refractivity (Wildman–Crippen MR) is 74.9 cm³/mol. The minimum Gasteiger partial charge on any atom is -0.378 e. The smallest absolute Gasteiger partial charge is 0.0946 e. The van der Waals surface area contributed by atoms with E-state index in [2.05, 4.69) is 21.8 Å². The summed E-state index contributed by atoms with van der Waals surface area (Å²) in [6.07, 6.45) is 12.9. The molecule has 1 aromatic heterocycles. The number of imidazole rings is 1. The van der Waals surface area contributed by atoms with Crippen LogP contribution in [0.1, 0.15) is 39.0 Å². The largest absolute Gasteiger partial charge is 0.378 e. The van der Waals surface area contributed by atoms with Gasteiger partial charge in [-0.3, -0.25) is 0 Å². The average molecular weight is 263 g/mol. The molecule has 2 fully saturated rings. The van der Waals surface area contributed by atoms with Crippen molar-refractivity contribution in [2.75, 3.05) is 13.2 Å². The van der Waals surface area contributed by atoms with E-state index in [-0.39, 0.29) is 0 Å². The highest BCUT2D eigenvalue weighted by atomic mass is 16.5. The lowest BCUT2D eigenvalue weighted by atomic mass is 9.60. The van der Waals surface area contributed by atoms with Gasteiger partial charge in [-0.2, -0.15) is 0 Å². The van der Waals surface area contributed by atoms with Gasteiger partial charge in [0.2, 0.25) is 0 Å². The third-order valence-corrected chi connectivity index (χ3v) is 5.01. The molecule has 2 aliphatic rings. The summed E-state index contributed by atoms with van der Waals surface area (Å²) >= 11 is 0. The van der Waals surface area contributed by atoms with Crippen molar-refractivity contribution in [2.45, 2.75) is 57.7 Å². The summed E-state index contributed by atoms with van der Waals surface area (Å²) in [4.78, 5) is 4.08. The molecular formula is C15H25N3O. The number of rotatable bonds is 6. The van der Waals surface area contributed by atoms with Crippen molar-refractivity contribution in [3.05, 3.63) is 18.7 Å². The Morgan fingerprint density at radius 1 is 1.42 bits per heavy atom. The number of hydrogen-bond donors (Lipinski definition) is 1. The van der Waals surface area contributed by atoms with E-state index in [1.807, 2.05) is 18.7 Å². The molecule has 0 aromatic carbocycles. The Morgan fingerprint density at radius 2 is 2.26 bits per heavy atom. The van der Waals surface area contributed by atoms with Gasteiger partial charge < -0.3 is 14.6 Å². The van der Waals surface area contributed by atoms with Crippen LogP contribution in [0.3, 0.4) is 0 Å². The van der Waals surface area contributed by atoms with Crippen molar-refractivity contribution < 1.29 is 4.74 Å². The lowest BCUT2D eigenvalue weighted by molar-refractivity contribution is -0.130. The second-order valence-corrected chi connectivity index (χ2v) is 5.93. The molecule has 3 rings (SSSR count). The first-order chi connectivity index (χ1) is 9.35. The molecule has 1 spiro atoms. The van der Waals surface area contributed by atoms with Crippen LogP contribution in [-0.2, 0) is 11.3 Å². The molecule has 19 heavy (non-hydrogen) atoms. The van der Waals surface area contributed by atoms with E-state index in [0.717, 1.165) is 19.7 Å². The van der Waals surface area contributed by atoms with Crippen LogP contribution in [0.25, 0.3) is 0 Å². The molecule has 0 saturated heterocycles. The van der Waals surface area contributed by atoms with Gasteiger partial charge in [0, 0.05) is 43.5 Å². The molecule has 0 aliphatic heterocycles. The fourth-order valence-corrected chi connectivity index (χ4v) is 3.96. The third-order valence-electron chi connectivity index (χ3n) is 5.01. The number of ether oxygens (including phenoxy) is 1. The van der Waals surface area contributed by atoms with E-state index in [9.17, 15) is 0 Å². The third kappa shape index (κ3) is 2.43. The first kappa shape index (κ1) is 13.1. The van der Waals surface area contributed by atoms with Gasteiger partial charge in [-0.15, -0.1) is 0 Å². The highest BCUT2D eigenvalue weighted by Crippen LogP contribution is 2.54. The first-order valence-corrected chi connectivity index (χ1v) is 7.66. The average Bonchev–Trinajstić information content (AvgIpc) is 3.09. The van der Waals surface area contributed by atoms with Gasteiger partial charge in [0.05, 0.1) is 12.4 Å². The van der Waals surface area contributed by atoms with Crippen LogP contribution < -0.4 is 5.32 Å². The molecule has 2 aliphatic carbocycles. The lowest BCUT2D eigenvalue weighted by Crippen LogP contribution is -2.63. The molecule has 2 unspecified atom stereocenters. The molecule has 0 amide bonds. The quantitative estimate of drug-likeness (QED) is 0.855. The molecule has 1 N–H and O–H groups in total. The summed E-state index contributed by atoms with van der Waals surface area (Å²) in [5, 5.41) is 3.75. The number of nitrogens with one attached hydrogen (secondary N) is 1. The Kier molecular flexibility index (Phi) is 3.89. The van der Waals surface area contributed by atoms with Gasteiger partial charge in [-0.05, 0) is 26.2 Å². The SMILES string of the molecule is CCOC1CC(NCCn2ccnc2)C12CCCC2. The summed E-state index contributed by atoms with van der Waals surface area (Å²) in [5.41, 5.74) is 0.449. The molecule has 0 bridgehead atoms. The number of nitrogens with zero attached hydrogens (tertiary/aromatic N) is 2. The summed E-state index contributed by atoms with van der Waals surface area (Å²) in [5.74, 6) is 0. The van der Waals surface area contributed by atoms with Gasteiger partial charge in [-0.25, -0.2) is 4.98 Å². The molecular weight excluding hydrogens is 238 g/mol. The Balaban J connectivity index is 1.51. The van der Waals surface area contributed by atoms with Gasteiger partial charge in [-0.1, -0.05) is 12.8 Å². The van der Waals surface area contributed by atoms with Crippen LogP contribution in [0.5, 0.6) is 0 Å². The van der Waals surface area contributed by atoms with E-state index in [0.29, 0.717) is 17.6 Å². The molecule has 0 radical (unpaired) electrons. The minimum atomic E-state index is 0.449. The van der Waals surface area contributed by atoms with Crippen LogP contribution in [0.2, 0.25) is 0 Å². The van der Waals surface area contributed by atoms with E-state index >= 15 is 0 Å². The van der Waals surface area contributed by atoms with Gasteiger partial charge in [0.15, 0.2) is 0 Å². The number of hydrogen-bond acceptors (Lipinski definition) is 3. The van der Waals surface area contributed by atoms with Crippen molar-refractivity contribution >= 4 is 0 Å². The Hall–Kier alpha value is -0.870. The highest BCUT2D eigenvalue weighted by molar-refractivity contribution is 5.09. The van der Waals surface area contributed by atoms with Crippen LogP contribution >= 0.6 is 0 Å². The normalized spacial score (nSPS) is 28.7. The van der Waals surface area contributed by atoms with Crippen LogP contribution in [0.4, 0.5) is 0 Å². The zero-order chi connectivity index (χ0) is 13.1. The zero-order valence-electron chi connectivity index (χ0n) is 11.8. The first-order valence-electron chi connectivity index (χ1n) is 7.66. The second-order valence-electron chi connectivity index (χ2n) is 5.93. The zero-order valence-corrected chi connectivity index (χ0v) is 11.8. The number of aromatic nitrogens is 2. The molecule has 4 nitrogen and oxygen atoms in total. The van der Waals surface area contributed by atoms with E-state index in [1.165, 1.54) is 32.1 Å². The maximum absolute atomic E-state index is 5.94. The lowest BCUT2D eigenvalue weighted by Gasteiger charge is -2.54. The topological polar surface area (TPSA) is 39.1 Å². The van der Waals surface area contributed by atoms with Gasteiger partial charge in [0.1, 0.15) is 0 Å². The standard InChI is InChI=1S/C15H25N3O/c1-2-19-14-11-13(15(14)5-3-4-6-15)17-8-10-18-9-7-16-12-18/h7,9,12-14,17H,2-6,8,10-11H2,1H3. The summed E-state index contributed by atoms with van der Waals surface area (Å²) in [6, 6.07) is 0.662. The molecule has 1 aromatic rings. The van der Waals surface area contributed by atoms with Crippen LogP contribution in [-0.4, -0.2) is 34.8 Å². The molecule has 4 heteroatoms. The molecule has 106 valence electrons. The van der Waals surface area contributed by atoms with Crippen molar-refractivity contribution in [3.63, 3.8) is 0 Å². The van der Waals surface area contributed by atoms with Crippen LogP contribution in [0.15, 0.2) is 18.7 Å². The van der Waals surface area contributed by atoms with Crippen molar-refractivity contribution in [1.29, 1.82) is 0 Å². The predicted octanol–water partition coefficient (Wildman–Crippen LogP) is 2.21. The minimum absolute atomic E-state index is 0.449. The summed E-state index contributed by atoms with van der Waals surface area (Å²) in [7, 11) is 0. The monoisotopic (exact) mass is 263 g/mol. The Labute approximate surface area is 115 Å². The van der Waals surface area contributed by atoms with Crippen molar-refractivity contribution in [3.8, 4) is 0 Å². The van der Waals surface area contributed by atoms with E-state index in [4.69, 9.17) is 4.74 Å². The molecule has 2 atom stereocenters. The van der Waals surface area contributed by atoms with Gasteiger partial charge >= 0.3 is 0 Å². The maximum atomic E-state index is 5.94. The van der Waals surface area contributed by atoms with Crippen LogP contribution in [0, 0.1) is 5.41 Å². The highest BCUT2D eigenvalue weighted by Gasteiger charge is 2.56. The summed E-state index contributed by atoms with van der Waals surface area (Å²) < 4.78 is 8.07. The second kappa shape index (κ2) is 5.63. The van der Waals surface area contributed by atoms with Crippen molar-refractivity contribution in [1.82, 2.24) is 14.9 Å². The van der Waals surface area contributed by atoms with Gasteiger partial charge in [0.25, 0.3) is 0 Å². The van der Waals surface area contributed by atoms with E-state index < -0.39 is 0 Å². The van der Waals surface area contributed by atoms with Crippen molar-refractivity contribution in [2.24, 2.45) is 5.41 Å². The Morgan fingerprint density at radius 3 is 2.95 bits per heavy atom. The fourth-order valence-electron chi connectivity index (χ4n) is 3.96. The summed E-state index contributed by atoms with van der Waals surface area (Å²) in [6.45, 7) is 5.00. The molecule has 2 saturated carbocycles. The fraction of sp³-hybridized carbons (Fsp3) is 0.800. The van der Waals surface area contributed by atoms with E-state index in [1.54, 1.807) is 0 Å². The Bertz CT molecular complexity index is 384. The molecule has 1 heterocycles. The maximum Gasteiger partial charge on any atom is 0.0946 e.